The van der Waals surface area contributed by atoms with E-state index in [0.29, 0.717) is 33.7 Å². The normalized spacial score (nSPS) is 13.1. The Kier molecular flexibility index (Phi) is 7.01. The molecular formula is C23H24FN5O4S. The molecule has 1 atom stereocenters. The summed E-state index contributed by atoms with van der Waals surface area (Å²) in [5.41, 5.74) is 0.959. The second-order valence-corrected chi connectivity index (χ2v) is 8.95. The quantitative estimate of drug-likeness (QED) is 0.470. The summed E-state index contributed by atoms with van der Waals surface area (Å²) < 4.78 is 25.4. The number of nitrogens with zero attached hydrogens (tertiary/aromatic N) is 3. The topological polar surface area (TPSA) is 107 Å². The minimum Gasteiger partial charge on any atom is -0.454 e. The van der Waals surface area contributed by atoms with Gasteiger partial charge >= 0.3 is 0 Å². The van der Waals surface area contributed by atoms with Crippen molar-refractivity contribution in [2.24, 2.45) is 13.0 Å². The summed E-state index contributed by atoms with van der Waals surface area (Å²) in [5.74, 6) is 0.945. The summed E-state index contributed by atoms with van der Waals surface area (Å²) in [6.45, 7) is 4.08. The molecule has 3 aromatic rings. The number of rotatable bonds is 8. The van der Waals surface area contributed by atoms with Gasteiger partial charge in [0.2, 0.25) is 12.7 Å². The number of anilines is 1. The van der Waals surface area contributed by atoms with Gasteiger partial charge in [0, 0.05) is 18.3 Å². The van der Waals surface area contributed by atoms with Gasteiger partial charge in [0.15, 0.2) is 22.5 Å². The largest absolute Gasteiger partial charge is 0.454 e. The van der Waals surface area contributed by atoms with Crippen molar-refractivity contribution in [3.8, 4) is 11.5 Å². The Hall–Kier alpha value is -3.60. The highest BCUT2D eigenvalue weighted by Gasteiger charge is 2.26. The highest BCUT2D eigenvalue weighted by atomic mass is 32.2. The number of amides is 2. The van der Waals surface area contributed by atoms with E-state index >= 15 is 0 Å². The molecule has 0 radical (unpaired) electrons. The number of ether oxygens (including phenoxy) is 2. The third-order valence-electron chi connectivity index (χ3n) is 5.20. The van der Waals surface area contributed by atoms with Crippen molar-refractivity contribution in [1.29, 1.82) is 0 Å². The summed E-state index contributed by atoms with van der Waals surface area (Å²) in [6.07, 6.45) is 0. The molecule has 2 heterocycles. The van der Waals surface area contributed by atoms with Gasteiger partial charge in [-0.15, -0.1) is 10.2 Å². The molecule has 1 unspecified atom stereocenters. The van der Waals surface area contributed by atoms with Crippen LogP contribution < -0.4 is 20.1 Å². The van der Waals surface area contributed by atoms with Gasteiger partial charge in [-0.05, 0) is 48.4 Å². The second-order valence-electron chi connectivity index (χ2n) is 8.01. The third-order valence-corrected chi connectivity index (χ3v) is 6.22. The predicted molar refractivity (Wildman–Crippen MR) is 124 cm³/mol. The minimum atomic E-state index is -0.405. The molecule has 1 aliphatic rings. The minimum absolute atomic E-state index is 0.0282. The zero-order valence-corrected chi connectivity index (χ0v) is 19.7. The molecule has 4 rings (SSSR count). The zero-order chi connectivity index (χ0) is 24.2. The number of carbonyl (C=O) groups is 2. The molecule has 1 aliphatic heterocycles. The van der Waals surface area contributed by atoms with Crippen LogP contribution in [0.5, 0.6) is 11.5 Å². The van der Waals surface area contributed by atoms with Crippen LogP contribution in [0.4, 0.5) is 10.1 Å². The molecule has 2 amide bonds. The van der Waals surface area contributed by atoms with Crippen molar-refractivity contribution in [2.75, 3.05) is 17.9 Å². The van der Waals surface area contributed by atoms with Gasteiger partial charge < -0.3 is 24.7 Å². The average Bonchev–Trinajstić information content (AvgIpc) is 3.43. The van der Waals surface area contributed by atoms with Gasteiger partial charge in [-0.3, -0.25) is 9.59 Å². The summed E-state index contributed by atoms with van der Waals surface area (Å²) in [7, 11) is 1.79. The van der Waals surface area contributed by atoms with Crippen LogP contribution in [0.1, 0.15) is 36.1 Å². The summed E-state index contributed by atoms with van der Waals surface area (Å²) in [4.78, 5) is 25.2. The van der Waals surface area contributed by atoms with Crippen molar-refractivity contribution >= 4 is 29.3 Å². The number of benzene rings is 2. The lowest BCUT2D eigenvalue weighted by molar-refractivity contribution is -0.113. The first kappa shape index (κ1) is 23.6. The van der Waals surface area contributed by atoms with Crippen LogP contribution in [0.15, 0.2) is 47.6 Å². The standard InChI is InChI=1S/C23H24FN5O4S/c1-13(2)20(26-22(31)14-4-9-17-18(10-14)33-12-32-17)21-27-28-23(29(21)3)34-11-19(30)25-16-7-5-15(24)6-8-16/h4-10,13,20H,11-12H2,1-3H3,(H,25,30)(H,26,31). The van der Waals surface area contributed by atoms with E-state index in [-0.39, 0.29) is 36.1 Å². The summed E-state index contributed by atoms with van der Waals surface area (Å²) in [5, 5.41) is 14.7. The molecule has 0 saturated heterocycles. The van der Waals surface area contributed by atoms with Crippen molar-refractivity contribution < 1.29 is 23.5 Å². The number of carbonyl (C=O) groups excluding carboxylic acids is 2. The predicted octanol–water partition coefficient (Wildman–Crippen LogP) is 3.54. The number of fused-ring (bicyclic) bond motifs is 1. The molecule has 0 aliphatic carbocycles. The number of nitrogens with one attached hydrogen (secondary N) is 2. The highest BCUT2D eigenvalue weighted by molar-refractivity contribution is 7.99. The molecule has 34 heavy (non-hydrogen) atoms. The smallest absolute Gasteiger partial charge is 0.252 e. The molecule has 178 valence electrons. The molecule has 9 nitrogen and oxygen atoms in total. The van der Waals surface area contributed by atoms with E-state index in [4.69, 9.17) is 9.47 Å². The van der Waals surface area contributed by atoms with Gasteiger partial charge in [-0.25, -0.2) is 4.39 Å². The lowest BCUT2D eigenvalue weighted by Crippen LogP contribution is -2.33. The Morgan fingerprint density at radius 2 is 1.85 bits per heavy atom. The Morgan fingerprint density at radius 1 is 1.12 bits per heavy atom. The van der Waals surface area contributed by atoms with E-state index in [0.717, 1.165) is 0 Å². The first-order chi connectivity index (χ1) is 16.3. The van der Waals surface area contributed by atoms with E-state index in [2.05, 4.69) is 20.8 Å². The first-order valence-electron chi connectivity index (χ1n) is 10.6. The monoisotopic (exact) mass is 485 g/mol. The Labute approximate surface area is 200 Å². The van der Waals surface area contributed by atoms with Crippen LogP contribution in [0, 0.1) is 11.7 Å². The molecule has 0 bridgehead atoms. The van der Waals surface area contributed by atoms with Gasteiger partial charge in [0.25, 0.3) is 5.91 Å². The number of halogens is 1. The summed E-state index contributed by atoms with van der Waals surface area (Å²) in [6, 6.07) is 10.2. The maximum atomic E-state index is 13.0. The lowest BCUT2D eigenvalue weighted by atomic mass is 10.0. The first-order valence-corrected chi connectivity index (χ1v) is 11.6. The molecule has 2 aromatic carbocycles. The van der Waals surface area contributed by atoms with Crippen LogP contribution in [0.25, 0.3) is 0 Å². The van der Waals surface area contributed by atoms with Crippen LogP contribution in [-0.4, -0.2) is 39.1 Å². The number of thioether (sulfide) groups is 1. The fourth-order valence-corrected chi connectivity index (χ4v) is 4.09. The second kappa shape index (κ2) is 10.1. The average molecular weight is 486 g/mol. The van der Waals surface area contributed by atoms with Crippen molar-refractivity contribution in [1.82, 2.24) is 20.1 Å². The lowest BCUT2D eigenvalue weighted by Gasteiger charge is -2.21. The molecule has 1 aromatic heterocycles. The van der Waals surface area contributed by atoms with Gasteiger partial charge in [-0.2, -0.15) is 0 Å². The molecule has 0 fully saturated rings. The number of hydrogen-bond donors (Lipinski definition) is 2. The Bertz CT molecular complexity index is 1200. The van der Waals surface area contributed by atoms with Crippen molar-refractivity contribution in [2.45, 2.75) is 25.0 Å². The summed E-state index contributed by atoms with van der Waals surface area (Å²) >= 11 is 1.22. The molecule has 11 heteroatoms. The van der Waals surface area contributed by atoms with Gasteiger partial charge in [-0.1, -0.05) is 25.6 Å². The van der Waals surface area contributed by atoms with Crippen LogP contribution in [0.3, 0.4) is 0 Å². The van der Waals surface area contributed by atoms with E-state index in [1.165, 1.54) is 36.0 Å². The van der Waals surface area contributed by atoms with Crippen LogP contribution >= 0.6 is 11.8 Å². The van der Waals surface area contributed by atoms with Crippen molar-refractivity contribution in [3.05, 3.63) is 59.7 Å². The molecule has 0 spiro atoms. The maximum Gasteiger partial charge on any atom is 0.252 e. The number of hydrogen-bond acceptors (Lipinski definition) is 7. The number of aromatic nitrogens is 3. The van der Waals surface area contributed by atoms with Crippen LogP contribution in [0.2, 0.25) is 0 Å². The van der Waals surface area contributed by atoms with E-state index in [9.17, 15) is 14.0 Å². The van der Waals surface area contributed by atoms with Gasteiger partial charge in [0.1, 0.15) is 5.82 Å². The molecule has 2 N–H and O–H groups in total. The Morgan fingerprint density at radius 3 is 2.59 bits per heavy atom. The highest BCUT2D eigenvalue weighted by Crippen LogP contribution is 2.33. The van der Waals surface area contributed by atoms with E-state index in [1.54, 1.807) is 29.8 Å². The zero-order valence-electron chi connectivity index (χ0n) is 18.9. The third kappa shape index (κ3) is 5.30. The molecule has 0 saturated carbocycles. The Balaban J connectivity index is 1.41. The SMILES string of the molecule is CC(C)C(NC(=O)c1ccc2c(c1)OCO2)c1nnc(SCC(=O)Nc2ccc(F)cc2)n1C. The maximum absolute atomic E-state index is 13.0. The van der Waals surface area contributed by atoms with Crippen molar-refractivity contribution in [3.63, 3.8) is 0 Å². The van der Waals surface area contributed by atoms with Gasteiger partial charge in [0.05, 0.1) is 11.8 Å². The van der Waals surface area contributed by atoms with E-state index < -0.39 is 6.04 Å². The molecular weight excluding hydrogens is 461 g/mol. The fraction of sp³-hybridized carbons (Fsp3) is 0.304. The fourth-order valence-electron chi connectivity index (χ4n) is 3.37. The van der Waals surface area contributed by atoms with Crippen LogP contribution in [-0.2, 0) is 11.8 Å². The van der Waals surface area contributed by atoms with E-state index in [1.807, 2.05) is 13.8 Å².